The van der Waals surface area contributed by atoms with Crippen molar-refractivity contribution in [3.8, 4) is 11.8 Å². The third-order valence-electron chi connectivity index (χ3n) is 5.33. The van der Waals surface area contributed by atoms with E-state index >= 15 is 0 Å². The number of amidine groups is 1. The van der Waals surface area contributed by atoms with Gasteiger partial charge in [-0.1, -0.05) is 19.1 Å². The molecule has 0 saturated carbocycles. The molecule has 0 radical (unpaired) electrons. The Kier molecular flexibility index (Phi) is 6.10. The number of nitriles is 1. The van der Waals surface area contributed by atoms with Crippen molar-refractivity contribution in [3.63, 3.8) is 0 Å². The number of ether oxygens (including phenoxy) is 1. The summed E-state index contributed by atoms with van der Waals surface area (Å²) in [7, 11) is 1.47. The number of carbonyl (C=O) groups excluding carboxylic acids is 1. The van der Waals surface area contributed by atoms with Crippen LogP contribution >= 0.6 is 0 Å². The van der Waals surface area contributed by atoms with Gasteiger partial charge in [-0.3, -0.25) is 15.1 Å². The van der Waals surface area contributed by atoms with Crippen LogP contribution in [-0.4, -0.2) is 35.4 Å². The van der Waals surface area contributed by atoms with Crippen molar-refractivity contribution in [1.82, 2.24) is 9.97 Å². The van der Waals surface area contributed by atoms with E-state index < -0.39 is 5.41 Å². The van der Waals surface area contributed by atoms with Crippen molar-refractivity contribution in [3.05, 3.63) is 36.0 Å². The summed E-state index contributed by atoms with van der Waals surface area (Å²) in [5, 5.41) is 27.2. The van der Waals surface area contributed by atoms with E-state index in [9.17, 15) is 10.1 Å². The van der Waals surface area contributed by atoms with Crippen LogP contribution in [0.3, 0.4) is 0 Å². The number of aromatic nitrogens is 2. The predicted molar refractivity (Wildman–Crippen MR) is 114 cm³/mol. The second kappa shape index (κ2) is 8.74. The quantitative estimate of drug-likeness (QED) is 0.212. The number of nitrogens with zero attached hydrogens (tertiary/aromatic N) is 6. The summed E-state index contributed by atoms with van der Waals surface area (Å²) in [6, 6.07) is 8.85. The number of hydrogen-bond acceptors (Lipinski definition) is 8. The molecule has 0 unspecified atom stereocenters. The fourth-order valence-electron chi connectivity index (χ4n) is 3.49. The zero-order valence-electron chi connectivity index (χ0n) is 17.5. The highest BCUT2D eigenvalue weighted by atomic mass is 16.5. The van der Waals surface area contributed by atoms with Gasteiger partial charge in [0.15, 0.2) is 5.84 Å². The highest BCUT2D eigenvalue weighted by molar-refractivity contribution is 6.01. The Morgan fingerprint density at radius 1 is 1.45 bits per heavy atom. The van der Waals surface area contributed by atoms with Crippen LogP contribution in [0.5, 0.6) is 5.75 Å². The summed E-state index contributed by atoms with van der Waals surface area (Å²) < 4.78 is 5.32. The van der Waals surface area contributed by atoms with E-state index in [-0.39, 0.29) is 23.6 Å². The van der Waals surface area contributed by atoms with E-state index in [2.05, 4.69) is 31.7 Å². The Morgan fingerprint density at radius 2 is 2.23 bits per heavy atom. The van der Waals surface area contributed by atoms with Crippen LogP contribution in [0.4, 0.5) is 17.5 Å². The first kappa shape index (κ1) is 21.6. The number of amides is 1. The summed E-state index contributed by atoms with van der Waals surface area (Å²) >= 11 is 0. The highest BCUT2D eigenvalue weighted by Gasteiger charge is 2.50. The molecule has 1 aliphatic rings. The topological polar surface area (TPSA) is 166 Å². The molecule has 1 aliphatic heterocycles. The molecular formula is C20H23N9O2. The molecule has 0 aliphatic carbocycles. The third-order valence-corrected chi connectivity index (χ3v) is 5.33. The number of nitrogens with one attached hydrogen (secondary N) is 2. The van der Waals surface area contributed by atoms with Crippen LogP contribution in [0.2, 0.25) is 0 Å². The monoisotopic (exact) mass is 421 g/mol. The van der Waals surface area contributed by atoms with Crippen LogP contribution in [0.15, 0.2) is 40.8 Å². The Morgan fingerprint density at radius 3 is 2.84 bits per heavy atom. The van der Waals surface area contributed by atoms with Gasteiger partial charge in [-0.2, -0.15) is 10.2 Å². The summed E-state index contributed by atoms with van der Waals surface area (Å²) in [4.78, 5) is 23.1. The van der Waals surface area contributed by atoms with E-state index in [0.29, 0.717) is 35.8 Å². The fraction of sp³-hybridized carbons (Fsp3) is 0.350. The van der Waals surface area contributed by atoms with Gasteiger partial charge >= 0.3 is 0 Å². The summed E-state index contributed by atoms with van der Waals surface area (Å²) in [5.41, 5.74) is -0.00905. The average molecular weight is 421 g/mol. The molecule has 2 heterocycles. The number of methoxy groups -OCH3 is 1. The van der Waals surface area contributed by atoms with Gasteiger partial charge in [0.25, 0.3) is 0 Å². The molecule has 1 aromatic heterocycles. The van der Waals surface area contributed by atoms with Gasteiger partial charge in [0.2, 0.25) is 11.9 Å². The lowest BCUT2D eigenvalue weighted by Crippen LogP contribution is -2.37. The zero-order valence-corrected chi connectivity index (χ0v) is 17.5. The molecule has 1 saturated heterocycles. The molecule has 0 spiro atoms. The van der Waals surface area contributed by atoms with Crippen molar-refractivity contribution in [2.24, 2.45) is 27.5 Å². The van der Waals surface area contributed by atoms with Crippen LogP contribution in [0.25, 0.3) is 0 Å². The normalized spacial score (nSPS) is 18.4. The number of hydrogen-bond donors (Lipinski definition) is 3. The van der Waals surface area contributed by atoms with Crippen LogP contribution in [-0.2, 0) is 4.79 Å². The molecule has 3 rings (SSSR count). The molecule has 0 bridgehead atoms. The van der Waals surface area contributed by atoms with Gasteiger partial charge in [0.1, 0.15) is 17.0 Å². The van der Waals surface area contributed by atoms with Gasteiger partial charge in [0.05, 0.1) is 18.7 Å². The number of anilines is 3. The maximum Gasteiger partial charge on any atom is 0.248 e. The first-order valence-electron chi connectivity index (χ1n) is 9.57. The zero-order chi connectivity index (χ0) is 22.6. The van der Waals surface area contributed by atoms with Crippen LogP contribution in [0.1, 0.15) is 25.8 Å². The Bertz CT molecular complexity index is 1080. The van der Waals surface area contributed by atoms with Crippen LogP contribution in [0, 0.1) is 28.1 Å². The maximum absolute atomic E-state index is 13.0. The summed E-state index contributed by atoms with van der Waals surface area (Å²) in [6.45, 7) is 4.17. The first-order chi connectivity index (χ1) is 14.9. The first-order valence-corrected chi connectivity index (χ1v) is 9.57. The molecule has 1 fully saturated rings. The van der Waals surface area contributed by atoms with Crippen molar-refractivity contribution in [2.45, 2.75) is 20.3 Å². The smallest absolute Gasteiger partial charge is 0.248 e. The fourth-order valence-corrected chi connectivity index (χ4v) is 3.49. The summed E-state index contributed by atoms with van der Waals surface area (Å²) in [5.74, 6) is 5.62. The van der Waals surface area contributed by atoms with Gasteiger partial charge in [-0.15, -0.1) is 5.11 Å². The largest absolute Gasteiger partial charge is 0.496 e. The number of carbonyl (C=O) groups is 1. The number of nitrogens with two attached hydrogens (primary N) is 1. The molecule has 1 atom stereocenters. The van der Waals surface area contributed by atoms with Crippen molar-refractivity contribution < 1.29 is 9.53 Å². The molecule has 11 heteroatoms. The molecule has 160 valence electrons. The lowest BCUT2D eigenvalue weighted by molar-refractivity contribution is -0.124. The van der Waals surface area contributed by atoms with E-state index in [1.165, 1.54) is 12.0 Å². The van der Waals surface area contributed by atoms with Crippen LogP contribution < -0.4 is 20.8 Å². The molecule has 4 N–H and O–H groups in total. The molecule has 11 nitrogen and oxygen atoms in total. The van der Waals surface area contributed by atoms with E-state index in [0.717, 1.165) is 0 Å². The van der Waals surface area contributed by atoms with E-state index in [4.69, 9.17) is 16.0 Å². The van der Waals surface area contributed by atoms with Crippen molar-refractivity contribution >= 4 is 29.2 Å². The number of rotatable bonds is 6. The minimum Gasteiger partial charge on any atom is -0.496 e. The average Bonchev–Trinajstić information content (AvgIpc) is 3.11. The molecule has 1 aromatic carbocycles. The standard InChI is InChI=1S/C20H23N9O2/c1-12(2)20(11-21)7-9-29(18(20)30)16-6-8-24-19(26-16)25-13-4-5-14(15(10-13)31-3)17(22)27-28-23/h4-6,8,10,12H,7,9H2,1-3H3,(H3,22,23,27)(H,24,25,26)/t20-/m1/s1. The molecule has 31 heavy (non-hydrogen) atoms. The lowest BCUT2D eigenvalue weighted by Gasteiger charge is -2.24. The van der Waals surface area contributed by atoms with E-state index in [1.807, 2.05) is 13.8 Å². The second-order valence-electron chi connectivity index (χ2n) is 7.29. The Hall–Kier alpha value is -4.07. The third kappa shape index (κ3) is 4.00. The second-order valence-corrected chi connectivity index (χ2v) is 7.29. The molecular weight excluding hydrogens is 398 g/mol. The van der Waals surface area contributed by atoms with E-state index in [1.54, 1.807) is 30.5 Å². The number of benzene rings is 1. The highest BCUT2D eigenvalue weighted by Crippen LogP contribution is 2.40. The Balaban J connectivity index is 1.84. The molecule has 1 amide bonds. The van der Waals surface area contributed by atoms with Crippen molar-refractivity contribution in [2.75, 3.05) is 23.9 Å². The lowest BCUT2D eigenvalue weighted by atomic mass is 9.77. The van der Waals surface area contributed by atoms with Crippen molar-refractivity contribution in [1.29, 1.82) is 10.7 Å². The maximum atomic E-state index is 13.0. The van der Waals surface area contributed by atoms with Gasteiger partial charge < -0.3 is 15.9 Å². The molecule has 2 aromatic rings. The SMILES string of the molecule is COc1cc(Nc2nccc(N3CC[C@@](C#N)(C(C)C)C3=O)n2)ccc1C(=N)N=NN. The predicted octanol–water partition coefficient (Wildman–Crippen LogP) is 2.78. The minimum absolute atomic E-state index is 0.0991. The summed E-state index contributed by atoms with van der Waals surface area (Å²) in [6.07, 6.45) is 2.00. The van der Waals surface area contributed by atoms with Gasteiger partial charge in [0, 0.05) is 24.5 Å². The van der Waals surface area contributed by atoms with Gasteiger partial charge in [-0.25, -0.2) is 4.98 Å². The van der Waals surface area contributed by atoms with Gasteiger partial charge in [-0.05, 0) is 30.5 Å². The Labute approximate surface area is 179 Å². The minimum atomic E-state index is -1.03.